The molecule has 0 spiro atoms. The molecule has 0 atom stereocenters. The molecular formula is C12H22N2O5S. The molecule has 116 valence electrons. The molecule has 1 rings (SSSR count). The van der Waals surface area contributed by atoms with E-state index in [9.17, 15) is 18.0 Å². The van der Waals surface area contributed by atoms with E-state index in [1.165, 1.54) is 7.11 Å². The van der Waals surface area contributed by atoms with Crippen molar-refractivity contribution in [3.8, 4) is 0 Å². The van der Waals surface area contributed by atoms with Gasteiger partial charge in [-0.15, -0.1) is 0 Å². The Morgan fingerprint density at radius 2 is 1.90 bits per heavy atom. The third-order valence-electron chi connectivity index (χ3n) is 2.87. The molecule has 1 aliphatic rings. The molecule has 8 heteroatoms. The highest BCUT2D eigenvalue weighted by Crippen LogP contribution is 2.18. The zero-order valence-corrected chi connectivity index (χ0v) is 12.5. The lowest BCUT2D eigenvalue weighted by molar-refractivity contribution is -0.140. The zero-order valence-electron chi connectivity index (χ0n) is 11.7. The SMILES string of the molecule is COC(=O)CCCS(=O)(=O)NCCCC(=O)NC1CC1. The van der Waals surface area contributed by atoms with Crippen LogP contribution in [0.3, 0.4) is 0 Å². The van der Waals surface area contributed by atoms with Crippen molar-refractivity contribution in [1.29, 1.82) is 0 Å². The van der Waals surface area contributed by atoms with Crippen LogP contribution in [-0.4, -0.2) is 45.7 Å². The Kier molecular flexibility index (Phi) is 6.94. The lowest BCUT2D eigenvalue weighted by Gasteiger charge is -2.06. The lowest BCUT2D eigenvalue weighted by atomic mass is 10.3. The highest BCUT2D eigenvalue weighted by Gasteiger charge is 2.22. The summed E-state index contributed by atoms with van der Waals surface area (Å²) >= 11 is 0. The van der Waals surface area contributed by atoms with Crippen LogP contribution in [-0.2, 0) is 24.3 Å². The van der Waals surface area contributed by atoms with Crippen LogP contribution in [0.25, 0.3) is 0 Å². The summed E-state index contributed by atoms with van der Waals surface area (Å²) in [6, 6.07) is 0.331. The summed E-state index contributed by atoms with van der Waals surface area (Å²) in [7, 11) is -2.12. The van der Waals surface area contributed by atoms with Gasteiger partial charge in [0.2, 0.25) is 15.9 Å². The molecule has 0 saturated heterocycles. The van der Waals surface area contributed by atoms with Gasteiger partial charge in [0.05, 0.1) is 12.9 Å². The van der Waals surface area contributed by atoms with Crippen molar-refractivity contribution in [2.75, 3.05) is 19.4 Å². The third-order valence-corrected chi connectivity index (χ3v) is 4.34. The number of nitrogens with one attached hydrogen (secondary N) is 2. The summed E-state index contributed by atoms with van der Waals surface area (Å²) < 4.78 is 30.0. The zero-order chi connectivity index (χ0) is 15.0. The Morgan fingerprint density at radius 1 is 1.20 bits per heavy atom. The minimum Gasteiger partial charge on any atom is -0.469 e. The normalized spacial score (nSPS) is 14.8. The van der Waals surface area contributed by atoms with Crippen molar-refractivity contribution in [2.24, 2.45) is 0 Å². The second kappa shape index (κ2) is 8.21. The highest BCUT2D eigenvalue weighted by molar-refractivity contribution is 7.89. The third kappa shape index (κ3) is 8.11. The predicted molar refractivity (Wildman–Crippen MR) is 73.4 cm³/mol. The Labute approximate surface area is 119 Å². The van der Waals surface area contributed by atoms with Crippen LogP contribution >= 0.6 is 0 Å². The molecule has 20 heavy (non-hydrogen) atoms. The van der Waals surface area contributed by atoms with Crippen molar-refractivity contribution in [3.63, 3.8) is 0 Å². The van der Waals surface area contributed by atoms with Gasteiger partial charge in [0.25, 0.3) is 0 Å². The van der Waals surface area contributed by atoms with Crippen LogP contribution in [0.4, 0.5) is 0 Å². The average molecular weight is 306 g/mol. The summed E-state index contributed by atoms with van der Waals surface area (Å²) in [5, 5.41) is 2.84. The fourth-order valence-corrected chi connectivity index (χ4v) is 2.71. The van der Waals surface area contributed by atoms with E-state index in [4.69, 9.17) is 0 Å². The fraction of sp³-hybridized carbons (Fsp3) is 0.833. The summed E-state index contributed by atoms with van der Waals surface area (Å²) in [4.78, 5) is 22.2. The summed E-state index contributed by atoms with van der Waals surface area (Å²) in [6.07, 6.45) is 3.18. The molecule has 0 unspecified atom stereocenters. The number of methoxy groups -OCH3 is 1. The molecule has 0 aliphatic heterocycles. The summed E-state index contributed by atoms with van der Waals surface area (Å²) in [6.45, 7) is 0.235. The van der Waals surface area contributed by atoms with E-state index in [1.807, 2.05) is 0 Å². The van der Waals surface area contributed by atoms with E-state index in [2.05, 4.69) is 14.8 Å². The highest BCUT2D eigenvalue weighted by atomic mass is 32.2. The summed E-state index contributed by atoms with van der Waals surface area (Å²) in [5.74, 6) is -0.564. The van der Waals surface area contributed by atoms with Crippen LogP contribution in [0, 0.1) is 0 Å². The van der Waals surface area contributed by atoms with E-state index < -0.39 is 16.0 Å². The first-order chi connectivity index (χ1) is 9.43. The first kappa shape index (κ1) is 16.9. The van der Waals surface area contributed by atoms with Gasteiger partial charge in [0, 0.05) is 25.4 Å². The van der Waals surface area contributed by atoms with Crippen LogP contribution in [0.1, 0.15) is 38.5 Å². The van der Waals surface area contributed by atoms with E-state index in [0.29, 0.717) is 18.9 Å². The fourth-order valence-electron chi connectivity index (χ4n) is 1.58. The van der Waals surface area contributed by atoms with Crippen LogP contribution in [0.15, 0.2) is 0 Å². The number of hydrogen-bond acceptors (Lipinski definition) is 5. The van der Waals surface area contributed by atoms with E-state index >= 15 is 0 Å². The van der Waals surface area contributed by atoms with Crippen LogP contribution in [0.5, 0.6) is 0 Å². The minimum atomic E-state index is -3.38. The quantitative estimate of drug-likeness (QED) is 0.434. The van der Waals surface area contributed by atoms with Gasteiger partial charge in [-0.3, -0.25) is 9.59 Å². The standard InChI is InChI=1S/C12H22N2O5S/c1-19-12(16)5-3-9-20(17,18)13-8-2-4-11(15)14-10-6-7-10/h10,13H,2-9H2,1H3,(H,14,15). The van der Waals surface area contributed by atoms with Gasteiger partial charge in [-0.1, -0.05) is 0 Å². The molecule has 0 aromatic carbocycles. The topological polar surface area (TPSA) is 102 Å². The number of esters is 1. The number of carbonyl (C=O) groups excluding carboxylic acids is 2. The molecule has 0 bridgehead atoms. The molecular weight excluding hydrogens is 284 g/mol. The van der Waals surface area contributed by atoms with Gasteiger partial charge in [-0.05, 0) is 25.7 Å². The Morgan fingerprint density at radius 3 is 2.50 bits per heavy atom. The number of rotatable bonds is 10. The van der Waals surface area contributed by atoms with Crippen molar-refractivity contribution in [3.05, 3.63) is 0 Å². The maximum absolute atomic E-state index is 11.6. The molecule has 1 aliphatic carbocycles. The number of ether oxygens (including phenoxy) is 1. The molecule has 0 aromatic heterocycles. The minimum absolute atomic E-state index is 0.0302. The lowest BCUT2D eigenvalue weighted by Crippen LogP contribution is -2.30. The molecule has 2 N–H and O–H groups in total. The first-order valence-corrected chi connectivity index (χ1v) is 8.41. The van der Waals surface area contributed by atoms with Crippen LogP contribution in [0.2, 0.25) is 0 Å². The van der Waals surface area contributed by atoms with Crippen molar-refractivity contribution in [1.82, 2.24) is 10.0 Å². The smallest absolute Gasteiger partial charge is 0.305 e. The van der Waals surface area contributed by atoms with Gasteiger partial charge in [-0.2, -0.15) is 0 Å². The van der Waals surface area contributed by atoms with Gasteiger partial charge in [-0.25, -0.2) is 13.1 Å². The van der Waals surface area contributed by atoms with Gasteiger partial charge in [0.1, 0.15) is 0 Å². The average Bonchev–Trinajstić information content (AvgIpc) is 3.18. The predicted octanol–water partition coefficient (Wildman–Crippen LogP) is -0.0822. The number of hydrogen-bond donors (Lipinski definition) is 2. The van der Waals surface area contributed by atoms with Crippen molar-refractivity contribution >= 4 is 21.9 Å². The number of amides is 1. The maximum Gasteiger partial charge on any atom is 0.305 e. The van der Waals surface area contributed by atoms with Crippen molar-refractivity contribution < 1.29 is 22.7 Å². The molecule has 0 heterocycles. The largest absolute Gasteiger partial charge is 0.469 e. The molecule has 1 amide bonds. The van der Waals surface area contributed by atoms with Gasteiger partial charge >= 0.3 is 5.97 Å². The number of sulfonamides is 1. The van der Waals surface area contributed by atoms with Gasteiger partial charge < -0.3 is 10.1 Å². The Balaban J connectivity index is 2.06. The van der Waals surface area contributed by atoms with Crippen molar-refractivity contribution in [2.45, 2.75) is 44.6 Å². The van der Waals surface area contributed by atoms with E-state index in [1.54, 1.807) is 0 Å². The van der Waals surface area contributed by atoms with E-state index in [-0.39, 0.29) is 31.0 Å². The molecule has 7 nitrogen and oxygen atoms in total. The molecule has 0 radical (unpaired) electrons. The Bertz CT molecular complexity index is 431. The van der Waals surface area contributed by atoms with Gasteiger partial charge in [0.15, 0.2) is 0 Å². The molecule has 1 fully saturated rings. The van der Waals surface area contributed by atoms with Crippen LogP contribution < -0.4 is 10.0 Å². The van der Waals surface area contributed by atoms with E-state index in [0.717, 1.165) is 12.8 Å². The maximum atomic E-state index is 11.6. The Hall–Kier alpha value is -1.15. The monoisotopic (exact) mass is 306 g/mol. The molecule has 1 saturated carbocycles. The molecule has 0 aromatic rings. The summed E-state index contributed by atoms with van der Waals surface area (Å²) in [5.41, 5.74) is 0. The second-order valence-electron chi connectivity index (χ2n) is 4.84. The first-order valence-electron chi connectivity index (χ1n) is 6.76. The number of carbonyl (C=O) groups is 2. The second-order valence-corrected chi connectivity index (χ2v) is 6.76.